The molecular weight excluding hydrogens is 264 g/mol. The van der Waals surface area contributed by atoms with Crippen molar-refractivity contribution in [1.29, 1.82) is 0 Å². The summed E-state index contributed by atoms with van der Waals surface area (Å²) in [5.41, 5.74) is 2.05. The average Bonchev–Trinajstić information content (AvgIpc) is 2.99. The number of rotatable bonds is 3. The molecule has 0 saturated carbocycles. The van der Waals surface area contributed by atoms with E-state index in [1.54, 1.807) is 20.9 Å². The Morgan fingerprint density at radius 2 is 2.15 bits per heavy atom. The van der Waals surface area contributed by atoms with Gasteiger partial charge >= 0.3 is 12.0 Å². The van der Waals surface area contributed by atoms with Crippen LogP contribution in [-0.4, -0.2) is 58.5 Å². The Hall–Kier alpha value is -2.09. The molecule has 1 saturated heterocycles. The number of carbonyl (C=O) groups excluding carboxylic acids is 1. The molecule has 0 aliphatic carbocycles. The molecule has 3 N–H and O–H groups in total. The molecule has 2 atom stereocenters. The van der Waals surface area contributed by atoms with Gasteiger partial charge in [-0.3, -0.25) is 9.89 Å². The van der Waals surface area contributed by atoms with Gasteiger partial charge < -0.3 is 20.1 Å². The van der Waals surface area contributed by atoms with Crippen LogP contribution < -0.4 is 5.32 Å². The number of carbonyl (C=O) groups is 2. The van der Waals surface area contributed by atoms with Gasteiger partial charge in [0.15, 0.2) is 0 Å². The fraction of sp³-hybridized carbons (Fsp3) is 0.583. The highest BCUT2D eigenvalue weighted by molar-refractivity contribution is 5.91. The zero-order chi connectivity index (χ0) is 14.9. The molecule has 1 aromatic rings. The van der Waals surface area contributed by atoms with E-state index in [-0.39, 0.29) is 19.2 Å². The molecule has 2 amide bonds. The van der Waals surface area contributed by atoms with E-state index in [9.17, 15) is 9.59 Å². The number of amides is 2. The molecule has 20 heavy (non-hydrogen) atoms. The summed E-state index contributed by atoms with van der Waals surface area (Å²) in [7, 11) is 1.56. The summed E-state index contributed by atoms with van der Waals surface area (Å²) < 4.78 is 5.16. The first kappa shape index (κ1) is 14.3. The number of nitrogens with zero attached hydrogens (tertiary/aromatic N) is 2. The number of aryl methyl sites for hydroxylation is 2. The highest BCUT2D eigenvalue weighted by Crippen LogP contribution is 2.21. The van der Waals surface area contributed by atoms with Crippen LogP contribution in [0.2, 0.25) is 0 Å². The minimum absolute atomic E-state index is 0.126. The highest BCUT2D eigenvalue weighted by atomic mass is 16.5. The van der Waals surface area contributed by atoms with E-state index in [1.807, 2.05) is 0 Å². The summed E-state index contributed by atoms with van der Waals surface area (Å²) in [6.45, 7) is 3.93. The maximum atomic E-state index is 12.2. The number of aliphatic carboxylic acids is 1. The van der Waals surface area contributed by atoms with Gasteiger partial charge in [0.25, 0.3) is 0 Å². The molecule has 1 aromatic heterocycles. The number of hydrogen-bond acceptors (Lipinski definition) is 4. The molecule has 0 radical (unpaired) electrons. The summed E-state index contributed by atoms with van der Waals surface area (Å²) in [5.74, 6) is -1.65. The van der Waals surface area contributed by atoms with Crippen LogP contribution in [0.15, 0.2) is 0 Å². The molecule has 8 nitrogen and oxygen atoms in total. The molecular formula is C12H18N4O4. The smallest absolute Gasteiger partial charge is 0.322 e. The molecule has 0 spiro atoms. The minimum atomic E-state index is -0.956. The van der Waals surface area contributed by atoms with Gasteiger partial charge in [-0.05, 0) is 13.8 Å². The van der Waals surface area contributed by atoms with Gasteiger partial charge in [-0.2, -0.15) is 5.10 Å². The van der Waals surface area contributed by atoms with E-state index in [4.69, 9.17) is 9.84 Å². The Bertz CT molecular complexity index is 508. The number of aromatic amines is 1. The van der Waals surface area contributed by atoms with Crippen LogP contribution >= 0.6 is 0 Å². The second kappa shape index (κ2) is 5.49. The molecule has 2 unspecified atom stereocenters. The van der Waals surface area contributed by atoms with E-state index >= 15 is 0 Å². The van der Waals surface area contributed by atoms with Crippen molar-refractivity contribution in [2.45, 2.75) is 19.9 Å². The highest BCUT2D eigenvalue weighted by Gasteiger charge is 2.38. The van der Waals surface area contributed by atoms with Crippen molar-refractivity contribution in [3.63, 3.8) is 0 Å². The van der Waals surface area contributed by atoms with Gasteiger partial charge in [0, 0.05) is 7.05 Å². The lowest BCUT2D eigenvalue weighted by atomic mass is 10.0. The van der Waals surface area contributed by atoms with Crippen LogP contribution in [-0.2, 0) is 9.53 Å². The number of urea groups is 1. The Kier molecular flexibility index (Phi) is 3.93. The fourth-order valence-electron chi connectivity index (χ4n) is 2.24. The second-order valence-electron chi connectivity index (χ2n) is 4.90. The number of H-pyrrole nitrogens is 1. The summed E-state index contributed by atoms with van der Waals surface area (Å²) >= 11 is 0. The van der Waals surface area contributed by atoms with Crippen molar-refractivity contribution >= 4 is 17.7 Å². The first-order chi connectivity index (χ1) is 9.41. The first-order valence-corrected chi connectivity index (χ1v) is 6.27. The third-order valence-corrected chi connectivity index (χ3v) is 3.55. The van der Waals surface area contributed by atoms with Gasteiger partial charge in [0.2, 0.25) is 0 Å². The van der Waals surface area contributed by atoms with Crippen molar-refractivity contribution in [3.8, 4) is 0 Å². The second-order valence-corrected chi connectivity index (χ2v) is 4.90. The number of likely N-dealkylation sites (N-methyl/N-ethyl adjacent to an activating group) is 1. The van der Waals surface area contributed by atoms with Gasteiger partial charge in [-0.25, -0.2) is 4.79 Å². The van der Waals surface area contributed by atoms with Gasteiger partial charge in [0.1, 0.15) is 5.92 Å². The molecule has 0 bridgehead atoms. The molecule has 1 fully saturated rings. The topological polar surface area (TPSA) is 108 Å². The molecule has 1 aliphatic heterocycles. The monoisotopic (exact) mass is 282 g/mol. The number of ether oxygens (including phenoxy) is 1. The average molecular weight is 282 g/mol. The standard InChI is InChI=1S/C12H18N4O4/c1-6-10(7(2)15-14-6)13-12(19)16(3)9-5-20-4-8(9)11(17)18/h8-9H,4-5H2,1-3H3,(H,13,19)(H,14,15)(H,17,18). The Balaban J connectivity index is 2.07. The Morgan fingerprint density at radius 1 is 1.45 bits per heavy atom. The lowest BCUT2D eigenvalue weighted by Gasteiger charge is -2.26. The predicted molar refractivity (Wildman–Crippen MR) is 70.6 cm³/mol. The van der Waals surface area contributed by atoms with Crippen LogP contribution in [0, 0.1) is 19.8 Å². The normalized spacial score (nSPS) is 21.8. The summed E-state index contributed by atoms with van der Waals surface area (Å²) in [6.07, 6.45) is 0. The molecule has 2 heterocycles. The number of hydrogen-bond donors (Lipinski definition) is 3. The van der Waals surface area contributed by atoms with Crippen molar-refractivity contribution in [1.82, 2.24) is 15.1 Å². The van der Waals surface area contributed by atoms with E-state index in [2.05, 4.69) is 15.5 Å². The van der Waals surface area contributed by atoms with Crippen molar-refractivity contribution in [3.05, 3.63) is 11.4 Å². The number of carboxylic acids is 1. The van der Waals surface area contributed by atoms with E-state index in [0.29, 0.717) is 11.4 Å². The van der Waals surface area contributed by atoms with E-state index < -0.39 is 17.9 Å². The molecule has 110 valence electrons. The van der Waals surface area contributed by atoms with Crippen LogP contribution in [0.4, 0.5) is 10.5 Å². The zero-order valence-electron chi connectivity index (χ0n) is 11.6. The van der Waals surface area contributed by atoms with Crippen LogP contribution in [0.1, 0.15) is 11.4 Å². The van der Waals surface area contributed by atoms with Crippen LogP contribution in [0.3, 0.4) is 0 Å². The van der Waals surface area contributed by atoms with Crippen molar-refractivity contribution < 1.29 is 19.4 Å². The number of nitrogens with one attached hydrogen (secondary N) is 2. The third kappa shape index (κ3) is 2.60. The third-order valence-electron chi connectivity index (χ3n) is 3.55. The van der Waals surface area contributed by atoms with Crippen molar-refractivity contribution in [2.75, 3.05) is 25.6 Å². The summed E-state index contributed by atoms with van der Waals surface area (Å²) in [6, 6.07) is -0.848. The predicted octanol–water partition coefficient (Wildman–Crippen LogP) is 0.590. The summed E-state index contributed by atoms with van der Waals surface area (Å²) in [5, 5.41) is 18.6. The van der Waals surface area contributed by atoms with Gasteiger partial charge in [-0.15, -0.1) is 0 Å². The Morgan fingerprint density at radius 3 is 2.70 bits per heavy atom. The molecule has 2 rings (SSSR count). The molecule has 0 aromatic carbocycles. The van der Waals surface area contributed by atoms with E-state index in [1.165, 1.54) is 4.90 Å². The molecule has 1 aliphatic rings. The van der Waals surface area contributed by atoms with Crippen LogP contribution in [0.5, 0.6) is 0 Å². The lowest BCUT2D eigenvalue weighted by molar-refractivity contribution is -0.142. The largest absolute Gasteiger partial charge is 0.481 e. The fourth-order valence-corrected chi connectivity index (χ4v) is 2.24. The minimum Gasteiger partial charge on any atom is -0.481 e. The maximum absolute atomic E-state index is 12.2. The van der Waals surface area contributed by atoms with Gasteiger partial charge in [0.05, 0.1) is 36.3 Å². The Labute approximate surface area is 116 Å². The number of aromatic nitrogens is 2. The SMILES string of the molecule is Cc1n[nH]c(C)c1NC(=O)N(C)C1COCC1C(=O)O. The van der Waals surface area contributed by atoms with Crippen molar-refractivity contribution in [2.24, 2.45) is 5.92 Å². The van der Waals surface area contributed by atoms with E-state index in [0.717, 1.165) is 5.69 Å². The zero-order valence-corrected chi connectivity index (χ0v) is 11.6. The number of anilines is 1. The lowest BCUT2D eigenvalue weighted by Crippen LogP contribution is -2.46. The van der Waals surface area contributed by atoms with Gasteiger partial charge in [-0.1, -0.05) is 0 Å². The quantitative estimate of drug-likeness (QED) is 0.752. The maximum Gasteiger partial charge on any atom is 0.322 e. The number of carboxylic acid groups (broad SMARTS) is 1. The first-order valence-electron chi connectivity index (χ1n) is 6.27. The summed E-state index contributed by atoms with van der Waals surface area (Å²) in [4.78, 5) is 24.7. The molecule has 8 heteroatoms. The van der Waals surface area contributed by atoms with Crippen LogP contribution in [0.25, 0.3) is 0 Å².